The SMILES string of the molecule is O=C1C=C2CCC(=O)C2(C2CC2)CC1. The van der Waals surface area contributed by atoms with Crippen molar-refractivity contribution < 1.29 is 9.59 Å². The van der Waals surface area contributed by atoms with Crippen molar-refractivity contribution >= 4 is 11.6 Å². The standard InChI is InChI=1S/C12H14O2/c13-10-5-6-12(8-1-2-8)9(7-10)3-4-11(12)14/h7-8H,1-6H2. The summed E-state index contributed by atoms with van der Waals surface area (Å²) < 4.78 is 0. The van der Waals surface area contributed by atoms with Crippen molar-refractivity contribution in [2.45, 2.75) is 38.5 Å². The van der Waals surface area contributed by atoms with Gasteiger partial charge in [-0.25, -0.2) is 0 Å². The Morgan fingerprint density at radius 1 is 1.14 bits per heavy atom. The average molecular weight is 190 g/mol. The lowest BCUT2D eigenvalue weighted by atomic mass is 9.69. The van der Waals surface area contributed by atoms with Gasteiger partial charge in [-0.3, -0.25) is 9.59 Å². The minimum Gasteiger partial charge on any atom is -0.299 e. The van der Waals surface area contributed by atoms with Crippen LogP contribution in [0.4, 0.5) is 0 Å². The first kappa shape index (κ1) is 8.39. The highest BCUT2D eigenvalue weighted by atomic mass is 16.1. The minimum absolute atomic E-state index is 0.159. The Bertz CT molecular complexity index is 349. The van der Waals surface area contributed by atoms with Crippen LogP contribution in [0.1, 0.15) is 38.5 Å². The predicted molar refractivity (Wildman–Crippen MR) is 51.7 cm³/mol. The van der Waals surface area contributed by atoms with E-state index in [-0.39, 0.29) is 11.2 Å². The Morgan fingerprint density at radius 2 is 1.93 bits per heavy atom. The second-order valence-electron chi connectivity index (χ2n) is 4.80. The molecular formula is C12H14O2. The maximum absolute atomic E-state index is 12.0. The monoisotopic (exact) mass is 190 g/mol. The van der Waals surface area contributed by atoms with Crippen molar-refractivity contribution in [2.75, 3.05) is 0 Å². The molecule has 0 amide bonds. The number of hydrogen-bond acceptors (Lipinski definition) is 2. The van der Waals surface area contributed by atoms with E-state index < -0.39 is 0 Å². The quantitative estimate of drug-likeness (QED) is 0.634. The van der Waals surface area contributed by atoms with Gasteiger partial charge in [0.2, 0.25) is 0 Å². The van der Waals surface area contributed by atoms with E-state index in [4.69, 9.17) is 0 Å². The van der Waals surface area contributed by atoms with Gasteiger partial charge in [0, 0.05) is 12.8 Å². The molecule has 3 aliphatic rings. The predicted octanol–water partition coefficient (Wildman–Crippen LogP) is 2.04. The highest BCUT2D eigenvalue weighted by Crippen LogP contribution is 2.59. The third kappa shape index (κ3) is 0.915. The zero-order valence-electron chi connectivity index (χ0n) is 8.21. The lowest BCUT2D eigenvalue weighted by molar-refractivity contribution is -0.126. The maximum atomic E-state index is 12.0. The fourth-order valence-corrected chi connectivity index (χ4v) is 3.23. The van der Waals surface area contributed by atoms with Crippen LogP contribution in [0.5, 0.6) is 0 Å². The van der Waals surface area contributed by atoms with E-state index in [2.05, 4.69) is 0 Å². The average Bonchev–Trinajstić information content (AvgIpc) is 2.95. The number of fused-ring (bicyclic) bond motifs is 1. The molecule has 0 heterocycles. The van der Waals surface area contributed by atoms with Crippen LogP contribution in [-0.4, -0.2) is 11.6 Å². The molecule has 14 heavy (non-hydrogen) atoms. The van der Waals surface area contributed by atoms with E-state index in [1.54, 1.807) is 6.08 Å². The Labute approximate surface area is 83.4 Å². The zero-order valence-corrected chi connectivity index (χ0v) is 8.21. The van der Waals surface area contributed by atoms with Gasteiger partial charge in [0.05, 0.1) is 5.41 Å². The Morgan fingerprint density at radius 3 is 2.64 bits per heavy atom. The summed E-state index contributed by atoms with van der Waals surface area (Å²) in [6.07, 6.45) is 7.07. The number of ketones is 2. The van der Waals surface area contributed by atoms with E-state index >= 15 is 0 Å². The first-order valence-corrected chi connectivity index (χ1v) is 5.50. The van der Waals surface area contributed by atoms with Crippen molar-refractivity contribution in [3.8, 4) is 0 Å². The van der Waals surface area contributed by atoms with Crippen LogP contribution in [-0.2, 0) is 9.59 Å². The summed E-state index contributed by atoms with van der Waals surface area (Å²) in [4.78, 5) is 23.3. The highest BCUT2D eigenvalue weighted by molar-refractivity contribution is 5.99. The second kappa shape index (κ2) is 2.56. The van der Waals surface area contributed by atoms with Gasteiger partial charge in [-0.2, -0.15) is 0 Å². The maximum Gasteiger partial charge on any atom is 0.155 e. The van der Waals surface area contributed by atoms with Crippen LogP contribution in [0.2, 0.25) is 0 Å². The number of allylic oxidation sites excluding steroid dienone is 2. The molecule has 0 aliphatic heterocycles. The van der Waals surface area contributed by atoms with E-state index in [1.807, 2.05) is 0 Å². The first-order chi connectivity index (χ1) is 6.73. The Balaban J connectivity index is 2.08. The summed E-state index contributed by atoms with van der Waals surface area (Å²) in [5.74, 6) is 1.22. The molecule has 2 heteroatoms. The van der Waals surface area contributed by atoms with Crippen LogP contribution >= 0.6 is 0 Å². The number of rotatable bonds is 1. The smallest absolute Gasteiger partial charge is 0.155 e. The summed E-state index contributed by atoms with van der Waals surface area (Å²) in [6, 6.07) is 0. The highest BCUT2D eigenvalue weighted by Gasteiger charge is 2.56. The van der Waals surface area contributed by atoms with Gasteiger partial charge in [0.25, 0.3) is 0 Å². The van der Waals surface area contributed by atoms with Crippen molar-refractivity contribution in [1.29, 1.82) is 0 Å². The molecule has 74 valence electrons. The van der Waals surface area contributed by atoms with Gasteiger partial charge in [0.1, 0.15) is 5.78 Å². The van der Waals surface area contributed by atoms with Gasteiger partial charge in [-0.1, -0.05) is 5.57 Å². The number of hydrogen-bond donors (Lipinski definition) is 0. The molecule has 0 saturated heterocycles. The molecule has 0 aromatic rings. The molecule has 0 N–H and O–H groups in total. The molecule has 3 aliphatic carbocycles. The van der Waals surface area contributed by atoms with Crippen LogP contribution < -0.4 is 0 Å². The summed E-state index contributed by atoms with van der Waals surface area (Å²) in [6.45, 7) is 0. The molecule has 0 aromatic heterocycles. The minimum atomic E-state index is -0.159. The molecule has 0 spiro atoms. The molecule has 1 unspecified atom stereocenters. The molecule has 2 saturated carbocycles. The lowest BCUT2D eigenvalue weighted by Gasteiger charge is -2.32. The van der Waals surface area contributed by atoms with E-state index in [0.717, 1.165) is 12.8 Å². The fraction of sp³-hybridized carbons (Fsp3) is 0.667. The second-order valence-corrected chi connectivity index (χ2v) is 4.80. The topological polar surface area (TPSA) is 34.1 Å². The molecule has 1 atom stereocenters. The Kier molecular flexibility index (Phi) is 1.53. The van der Waals surface area contributed by atoms with Crippen molar-refractivity contribution in [1.82, 2.24) is 0 Å². The van der Waals surface area contributed by atoms with Gasteiger partial charge >= 0.3 is 0 Å². The van der Waals surface area contributed by atoms with Crippen LogP contribution in [0, 0.1) is 11.3 Å². The summed E-state index contributed by atoms with van der Waals surface area (Å²) in [5.41, 5.74) is 1.01. The molecule has 0 bridgehead atoms. The third-order valence-electron chi connectivity index (χ3n) is 4.07. The van der Waals surface area contributed by atoms with Gasteiger partial charge in [-0.05, 0) is 37.7 Å². The van der Waals surface area contributed by atoms with Crippen LogP contribution in [0.15, 0.2) is 11.6 Å². The summed E-state index contributed by atoms with van der Waals surface area (Å²) in [7, 11) is 0. The zero-order chi connectivity index (χ0) is 9.76. The van der Waals surface area contributed by atoms with Crippen LogP contribution in [0.25, 0.3) is 0 Å². The molecular weight excluding hydrogens is 176 g/mol. The van der Waals surface area contributed by atoms with Crippen molar-refractivity contribution in [3.05, 3.63) is 11.6 Å². The molecule has 0 radical (unpaired) electrons. The van der Waals surface area contributed by atoms with Gasteiger partial charge in [0.15, 0.2) is 5.78 Å². The van der Waals surface area contributed by atoms with Crippen molar-refractivity contribution in [3.63, 3.8) is 0 Å². The number of carbonyl (C=O) groups excluding carboxylic acids is 2. The summed E-state index contributed by atoms with van der Waals surface area (Å²) in [5, 5.41) is 0. The molecule has 3 rings (SSSR count). The third-order valence-corrected chi connectivity index (χ3v) is 4.07. The lowest BCUT2D eigenvalue weighted by Crippen LogP contribution is -2.33. The normalized spacial score (nSPS) is 37.0. The first-order valence-electron chi connectivity index (χ1n) is 5.50. The largest absolute Gasteiger partial charge is 0.299 e. The van der Waals surface area contributed by atoms with Gasteiger partial charge in [-0.15, -0.1) is 0 Å². The molecule has 2 fully saturated rings. The van der Waals surface area contributed by atoms with E-state index in [9.17, 15) is 9.59 Å². The number of Topliss-reactive ketones (excluding diaryl/α,β-unsaturated/α-hetero) is 1. The van der Waals surface area contributed by atoms with Crippen molar-refractivity contribution in [2.24, 2.45) is 11.3 Å². The van der Waals surface area contributed by atoms with E-state index in [0.29, 0.717) is 24.5 Å². The number of carbonyl (C=O) groups is 2. The Hall–Kier alpha value is -0.920. The summed E-state index contributed by atoms with van der Waals surface area (Å²) >= 11 is 0. The molecule has 2 nitrogen and oxygen atoms in total. The van der Waals surface area contributed by atoms with E-state index in [1.165, 1.54) is 18.4 Å². The van der Waals surface area contributed by atoms with Crippen LogP contribution in [0.3, 0.4) is 0 Å². The molecule has 0 aromatic carbocycles. The van der Waals surface area contributed by atoms with Gasteiger partial charge < -0.3 is 0 Å². The fourth-order valence-electron chi connectivity index (χ4n) is 3.23.